The zero-order chi connectivity index (χ0) is 9.84. The van der Waals surface area contributed by atoms with Gasteiger partial charge in [0, 0.05) is 0 Å². The van der Waals surface area contributed by atoms with E-state index in [2.05, 4.69) is 5.32 Å². The summed E-state index contributed by atoms with van der Waals surface area (Å²) < 4.78 is 0. The molecule has 4 nitrogen and oxygen atoms in total. The van der Waals surface area contributed by atoms with E-state index in [0.29, 0.717) is 5.56 Å². The lowest BCUT2D eigenvalue weighted by atomic mass is 10.1. The highest BCUT2D eigenvalue weighted by Crippen LogP contribution is 2.26. The summed E-state index contributed by atoms with van der Waals surface area (Å²) in [5.74, 6) is -0.413. The number of likely N-dealkylation sites (N-methyl/N-ethyl adjacent to an activating group) is 1. The van der Waals surface area contributed by atoms with Crippen LogP contribution in [0.25, 0.3) is 0 Å². The molecule has 0 aliphatic carbocycles. The molecular weight excluding hydrogens is 170 g/mol. The quantitative estimate of drug-likeness (QED) is 0.470. The van der Waals surface area contributed by atoms with Gasteiger partial charge in [0.25, 0.3) is 0 Å². The first-order valence-corrected chi connectivity index (χ1v) is 3.83. The minimum absolute atomic E-state index is 0.190. The monoisotopic (exact) mass is 181 g/mol. The number of carbonyl (C=O) groups excluding carboxylic acids is 1. The molecule has 1 aromatic rings. The molecule has 1 aromatic carbocycles. The van der Waals surface area contributed by atoms with Crippen molar-refractivity contribution in [3.63, 3.8) is 0 Å². The van der Waals surface area contributed by atoms with Crippen LogP contribution in [-0.4, -0.2) is 23.5 Å². The Hall–Kier alpha value is -1.55. The highest BCUT2D eigenvalue weighted by molar-refractivity contribution is 5.62. The molecule has 0 amide bonds. The molecule has 0 aromatic heterocycles. The average molecular weight is 181 g/mol. The molecule has 13 heavy (non-hydrogen) atoms. The molecule has 0 spiro atoms. The molecule has 1 atom stereocenters. The minimum Gasteiger partial charge on any atom is -0.504 e. The molecule has 0 saturated heterocycles. The van der Waals surface area contributed by atoms with Gasteiger partial charge in [-0.2, -0.15) is 0 Å². The summed E-state index contributed by atoms with van der Waals surface area (Å²) in [5, 5.41) is 20.9. The van der Waals surface area contributed by atoms with Crippen molar-refractivity contribution in [2.75, 3.05) is 7.05 Å². The summed E-state index contributed by atoms with van der Waals surface area (Å²) in [5.41, 5.74) is 0.618. The molecule has 0 heterocycles. The third kappa shape index (κ3) is 1.97. The first-order valence-electron chi connectivity index (χ1n) is 3.83. The fraction of sp³-hybridized carbons (Fsp3) is 0.222. The van der Waals surface area contributed by atoms with E-state index in [1.165, 1.54) is 12.1 Å². The van der Waals surface area contributed by atoms with E-state index in [1.54, 1.807) is 13.1 Å². The fourth-order valence-electron chi connectivity index (χ4n) is 1.05. The lowest BCUT2D eigenvalue weighted by Crippen LogP contribution is -2.17. The van der Waals surface area contributed by atoms with Gasteiger partial charge in [-0.05, 0) is 24.7 Å². The van der Waals surface area contributed by atoms with Gasteiger partial charge in [-0.1, -0.05) is 6.07 Å². The number of aromatic hydroxyl groups is 2. The van der Waals surface area contributed by atoms with Crippen LogP contribution >= 0.6 is 0 Å². The molecule has 0 fully saturated rings. The van der Waals surface area contributed by atoms with Gasteiger partial charge < -0.3 is 20.3 Å². The second-order valence-corrected chi connectivity index (χ2v) is 2.65. The predicted molar refractivity (Wildman–Crippen MR) is 47.6 cm³/mol. The van der Waals surface area contributed by atoms with Crippen LogP contribution in [0.5, 0.6) is 11.5 Å². The standard InChI is InChI=1S/C9H11NO3/c1-10-7(5-11)6-2-3-8(12)9(13)4-6/h2-5,7,10,12-13H,1H3. The Morgan fingerprint density at radius 2 is 2.08 bits per heavy atom. The Balaban J connectivity index is 3.01. The number of benzene rings is 1. The van der Waals surface area contributed by atoms with E-state index >= 15 is 0 Å². The third-order valence-electron chi connectivity index (χ3n) is 1.81. The van der Waals surface area contributed by atoms with Gasteiger partial charge in [0.1, 0.15) is 6.29 Å². The zero-order valence-corrected chi connectivity index (χ0v) is 7.19. The first-order chi connectivity index (χ1) is 6.19. The highest BCUT2D eigenvalue weighted by atomic mass is 16.3. The van der Waals surface area contributed by atoms with Crippen LogP contribution in [0.4, 0.5) is 0 Å². The van der Waals surface area contributed by atoms with E-state index < -0.39 is 6.04 Å². The van der Waals surface area contributed by atoms with E-state index in [4.69, 9.17) is 10.2 Å². The molecule has 4 heteroatoms. The second kappa shape index (κ2) is 3.91. The number of carbonyl (C=O) groups is 1. The van der Waals surface area contributed by atoms with Crippen LogP contribution in [-0.2, 0) is 4.79 Å². The van der Waals surface area contributed by atoms with Crippen LogP contribution in [0, 0.1) is 0 Å². The Labute approximate surface area is 75.8 Å². The number of hydrogen-bond donors (Lipinski definition) is 3. The molecule has 1 rings (SSSR count). The smallest absolute Gasteiger partial charge is 0.157 e. The Morgan fingerprint density at radius 3 is 2.54 bits per heavy atom. The summed E-state index contributed by atoms with van der Waals surface area (Å²) in [6.45, 7) is 0. The van der Waals surface area contributed by atoms with Crippen molar-refractivity contribution >= 4 is 6.29 Å². The Morgan fingerprint density at radius 1 is 1.38 bits per heavy atom. The summed E-state index contributed by atoms with van der Waals surface area (Å²) in [7, 11) is 1.64. The van der Waals surface area contributed by atoms with Crippen molar-refractivity contribution < 1.29 is 15.0 Å². The normalized spacial score (nSPS) is 12.4. The Bertz CT molecular complexity index is 312. The maximum atomic E-state index is 10.5. The van der Waals surface area contributed by atoms with Gasteiger partial charge in [-0.25, -0.2) is 0 Å². The topological polar surface area (TPSA) is 69.6 Å². The average Bonchev–Trinajstić information content (AvgIpc) is 2.13. The number of nitrogens with one attached hydrogen (secondary N) is 1. The molecule has 0 aliphatic heterocycles. The van der Waals surface area contributed by atoms with Gasteiger partial charge in [0.15, 0.2) is 11.5 Å². The summed E-state index contributed by atoms with van der Waals surface area (Å²) in [6, 6.07) is 3.82. The first kappa shape index (κ1) is 9.54. The number of phenolic OH excluding ortho intramolecular Hbond substituents is 2. The predicted octanol–water partition coefficient (Wildman–Crippen LogP) is 0.557. The van der Waals surface area contributed by atoms with Gasteiger partial charge in [0.2, 0.25) is 0 Å². The Kier molecular flexibility index (Phi) is 2.87. The molecule has 3 N–H and O–H groups in total. The maximum absolute atomic E-state index is 10.5. The SMILES string of the molecule is CNC(C=O)c1ccc(O)c(O)c1. The molecule has 0 aliphatic rings. The third-order valence-corrected chi connectivity index (χ3v) is 1.81. The number of rotatable bonds is 3. The fourth-order valence-corrected chi connectivity index (χ4v) is 1.05. The van der Waals surface area contributed by atoms with E-state index in [-0.39, 0.29) is 11.5 Å². The summed E-state index contributed by atoms with van der Waals surface area (Å²) in [6.07, 6.45) is 0.728. The second-order valence-electron chi connectivity index (χ2n) is 2.65. The number of phenols is 2. The number of aldehydes is 1. The highest BCUT2D eigenvalue weighted by Gasteiger charge is 2.09. The van der Waals surface area contributed by atoms with Crippen LogP contribution in [0.2, 0.25) is 0 Å². The van der Waals surface area contributed by atoms with Crippen LogP contribution in [0.1, 0.15) is 11.6 Å². The van der Waals surface area contributed by atoms with Gasteiger partial charge >= 0.3 is 0 Å². The summed E-state index contributed by atoms with van der Waals surface area (Å²) in [4.78, 5) is 10.5. The molecule has 1 unspecified atom stereocenters. The largest absolute Gasteiger partial charge is 0.504 e. The minimum atomic E-state index is -0.452. The molecular formula is C9H11NO3. The lowest BCUT2D eigenvalue weighted by Gasteiger charge is -2.09. The van der Waals surface area contributed by atoms with E-state index in [9.17, 15) is 4.79 Å². The molecule has 0 radical (unpaired) electrons. The lowest BCUT2D eigenvalue weighted by molar-refractivity contribution is -0.109. The van der Waals surface area contributed by atoms with Crippen molar-refractivity contribution in [1.29, 1.82) is 0 Å². The molecule has 70 valence electrons. The number of hydrogen-bond acceptors (Lipinski definition) is 4. The van der Waals surface area contributed by atoms with E-state index in [0.717, 1.165) is 6.29 Å². The molecule has 0 bridgehead atoms. The van der Waals surface area contributed by atoms with Crippen molar-refractivity contribution in [2.45, 2.75) is 6.04 Å². The van der Waals surface area contributed by atoms with Crippen LogP contribution < -0.4 is 5.32 Å². The summed E-state index contributed by atoms with van der Waals surface area (Å²) >= 11 is 0. The van der Waals surface area contributed by atoms with Crippen molar-refractivity contribution in [2.24, 2.45) is 0 Å². The van der Waals surface area contributed by atoms with Gasteiger partial charge in [0.05, 0.1) is 6.04 Å². The van der Waals surface area contributed by atoms with Crippen molar-refractivity contribution in [3.8, 4) is 11.5 Å². The van der Waals surface area contributed by atoms with Crippen molar-refractivity contribution in [1.82, 2.24) is 5.32 Å². The van der Waals surface area contributed by atoms with Gasteiger partial charge in [-0.15, -0.1) is 0 Å². The molecule has 0 saturated carbocycles. The van der Waals surface area contributed by atoms with Crippen molar-refractivity contribution in [3.05, 3.63) is 23.8 Å². The van der Waals surface area contributed by atoms with Crippen LogP contribution in [0.3, 0.4) is 0 Å². The maximum Gasteiger partial charge on any atom is 0.157 e. The zero-order valence-electron chi connectivity index (χ0n) is 7.19. The van der Waals surface area contributed by atoms with Gasteiger partial charge in [-0.3, -0.25) is 0 Å². The van der Waals surface area contributed by atoms with Crippen LogP contribution in [0.15, 0.2) is 18.2 Å². The van der Waals surface area contributed by atoms with E-state index in [1.807, 2.05) is 0 Å².